The second-order valence-corrected chi connectivity index (χ2v) is 2.77. The zero-order chi connectivity index (χ0) is 7.84. The fourth-order valence-electron chi connectivity index (χ4n) is 1.46. The Bertz CT molecular complexity index is 183. The summed E-state index contributed by atoms with van der Waals surface area (Å²) in [7, 11) is 0. The van der Waals surface area contributed by atoms with Gasteiger partial charge in [-0.1, -0.05) is 0 Å². The lowest BCUT2D eigenvalue weighted by molar-refractivity contribution is -0.149. The van der Waals surface area contributed by atoms with E-state index in [0.717, 1.165) is 12.8 Å². The Labute approximate surface area is 65.0 Å². The smallest absolute Gasteiger partial charge is 0.325 e. The average molecular weight is 157 g/mol. The Morgan fingerprint density at radius 1 is 1.73 bits per heavy atom. The van der Waals surface area contributed by atoms with E-state index in [-0.39, 0.29) is 18.2 Å². The molecule has 0 aliphatic carbocycles. The zero-order valence-corrected chi connectivity index (χ0v) is 6.45. The summed E-state index contributed by atoms with van der Waals surface area (Å²) < 4.78 is 4.86. The van der Waals surface area contributed by atoms with Crippen molar-refractivity contribution in [3.63, 3.8) is 0 Å². The van der Waals surface area contributed by atoms with Crippen LogP contribution < -0.4 is 0 Å². The number of esters is 1. The maximum Gasteiger partial charge on any atom is 0.325 e. The van der Waals surface area contributed by atoms with Crippen molar-refractivity contribution in [3.05, 3.63) is 0 Å². The van der Waals surface area contributed by atoms with Crippen LogP contribution in [-0.2, 0) is 14.4 Å². The molecule has 4 heteroatoms. The van der Waals surface area contributed by atoms with Gasteiger partial charge in [-0.25, -0.2) is 0 Å². The zero-order valence-electron chi connectivity index (χ0n) is 6.45. The molecule has 0 aromatic rings. The summed E-state index contributed by atoms with van der Waals surface area (Å²) in [5, 5.41) is 1.72. The first-order valence-electron chi connectivity index (χ1n) is 3.94. The van der Waals surface area contributed by atoms with Crippen LogP contribution in [0.1, 0.15) is 19.8 Å². The summed E-state index contributed by atoms with van der Waals surface area (Å²) in [6, 6.07) is -0.125. The Balaban J connectivity index is 1.89. The van der Waals surface area contributed by atoms with Crippen molar-refractivity contribution < 1.29 is 14.4 Å². The molecule has 1 unspecified atom stereocenters. The molecule has 2 aliphatic rings. The van der Waals surface area contributed by atoms with Crippen molar-refractivity contribution in [3.8, 4) is 0 Å². The first kappa shape index (κ1) is 7.06. The van der Waals surface area contributed by atoms with E-state index in [9.17, 15) is 4.79 Å². The summed E-state index contributed by atoms with van der Waals surface area (Å²) in [6.45, 7) is 2.27. The highest BCUT2D eigenvalue weighted by molar-refractivity contribution is 5.76. The number of ether oxygens (including phenoxy) is 1. The molecule has 11 heavy (non-hydrogen) atoms. The van der Waals surface area contributed by atoms with Crippen molar-refractivity contribution in [2.24, 2.45) is 0 Å². The van der Waals surface area contributed by atoms with Crippen molar-refractivity contribution in [2.75, 3.05) is 6.61 Å². The van der Waals surface area contributed by atoms with E-state index in [1.807, 2.05) is 6.92 Å². The van der Waals surface area contributed by atoms with Crippen molar-refractivity contribution in [1.82, 2.24) is 5.06 Å². The van der Waals surface area contributed by atoms with Crippen LogP contribution in [-0.4, -0.2) is 29.9 Å². The van der Waals surface area contributed by atoms with E-state index < -0.39 is 0 Å². The van der Waals surface area contributed by atoms with Gasteiger partial charge in [-0.05, 0) is 19.8 Å². The highest BCUT2D eigenvalue weighted by atomic mass is 16.8. The molecular weight excluding hydrogens is 146 g/mol. The predicted octanol–water partition coefficient (Wildman–Crippen LogP) is 0.285. The number of carbonyl (C=O) groups excluding carboxylic acids is 1. The number of nitrogens with zero attached hydrogens (tertiary/aromatic N) is 1. The fourth-order valence-corrected chi connectivity index (χ4v) is 1.46. The molecular formula is C7H11NO3. The van der Waals surface area contributed by atoms with Crippen LogP contribution in [0.25, 0.3) is 0 Å². The summed E-state index contributed by atoms with van der Waals surface area (Å²) in [5.74, 6) is -0.146. The Morgan fingerprint density at radius 2 is 2.55 bits per heavy atom. The van der Waals surface area contributed by atoms with Crippen molar-refractivity contribution in [2.45, 2.75) is 32.0 Å². The summed E-state index contributed by atoms with van der Waals surface area (Å²) in [4.78, 5) is 16.2. The molecule has 0 radical (unpaired) electrons. The molecule has 0 bridgehead atoms. The minimum Gasteiger partial charge on any atom is -0.465 e. The van der Waals surface area contributed by atoms with Crippen LogP contribution in [0.4, 0.5) is 0 Å². The van der Waals surface area contributed by atoms with Gasteiger partial charge in [0.05, 0.1) is 6.61 Å². The number of hydrogen-bond donors (Lipinski definition) is 0. The number of rotatable bonds is 2. The molecule has 3 atom stereocenters. The van der Waals surface area contributed by atoms with Crippen LogP contribution in [0, 0.1) is 0 Å². The molecule has 0 aromatic carbocycles. The van der Waals surface area contributed by atoms with E-state index in [1.54, 1.807) is 5.06 Å². The quantitative estimate of drug-likeness (QED) is 0.426. The van der Waals surface area contributed by atoms with Crippen molar-refractivity contribution in [1.29, 1.82) is 0 Å². The first-order chi connectivity index (χ1) is 5.33. The van der Waals surface area contributed by atoms with Crippen LogP contribution >= 0.6 is 0 Å². The maximum absolute atomic E-state index is 11.1. The summed E-state index contributed by atoms with van der Waals surface area (Å²) in [5.41, 5.74) is 0. The Kier molecular flexibility index (Phi) is 1.58. The van der Waals surface area contributed by atoms with Crippen LogP contribution in [0.5, 0.6) is 0 Å². The van der Waals surface area contributed by atoms with Gasteiger partial charge in [0.15, 0.2) is 6.23 Å². The van der Waals surface area contributed by atoms with Crippen LogP contribution in [0.15, 0.2) is 0 Å². The van der Waals surface area contributed by atoms with Gasteiger partial charge in [0.1, 0.15) is 6.04 Å². The molecule has 0 aromatic heterocycles. The Hall–Kier alpha value is -0.610. The predicted molar refractivity (Wildman–Crippen MR) is 36.4 cm³/mol. The van der Waals surface area contributed by atoms with Gasteiger partial charge >= 0.3 is 5.97 Å². The SMILES string of the molecule is CCOC(=O)[C@@H]1CC[C@H]2ON21. The highest BCUT2D eigenvalue weighted by Crippen LogP contribution is 2.37. The van der Waals surface area contributed by atoms with E-state index in [1.165, 1.54) is 0 Å². The number of carbonyl (C=O) groups is 1. The van der Waals surface area contributed by atoms with E-state index in [2.05, 4.69) is 0 Å². The molecule has 0 spiro atoms. The molecule has 0 saturated carbocycles. The largest absolute Gasteiger partial charge is 0.465 e. The third kappa shape index (κ3) is 1.12. The minimum atomic E-state index is -0.146. The molecule has 2 rings (SSSR count). The molecule has 0 N–H and O–H groups in total. The normalized spacial score (nSPS) is 39.9. The van der Waals surface area contributed by atoms with Gasteiger partial charge in [0.2, 0.25) is 0 Å². The fraction of sp³-hybridized carbons (Fsp3) is 0.857. The molecule has 2 aliphatic heterocycles. The van der Waals surface area contributed by atoms with E-state index in [0.29, 0.717) is 6.61 Å². The summed E-state index contributed by atoms with van der Waals surface area (Å²) >= 11 is 0. The Morgan fingerprint density at radius 3 is 3.00 bits per heavy atom. The van der Waals surface area contributed by atoms with E-state index in [4.69, 9.17) is 9.57 Å². The van der Waals surface area contributed by atoms with Gasteiger partial charge in [-0.3, -0.25) is 9.63 Å². The van der Waals surface area contributed by atoms with E-state index >= 15 is 0 Å². The van der Waals surface area contributed by atoms with Crippen LogP contribution in [0.2, 0.25) is 0 Å². The summed E-state index contributed by atoms with van der Waals surface area (Å²) in [6.07, 6.45) is 2.05. The van der Waals surface area contributed by atoms with Gasteiger partial charge in [0.25, 0.3) is 0 Å². The first-order valence-corrected chi connectivity index (χ1v) is 3.94. The van der Waals surface area contributed by atoms with Gasteiger partial charge in [-0.2, -0.15) is 0 Å². The third-order valence-electron chi connectivity index (χ3n) is 2.03. The topological polar surface area (TPSA) is 41.8 Å². The molecule has 4 nitrogen and oxygen atoms in total. The minimum absolute atomic E-state index is 0.125. The monoisotopic (exact) mass is 157 g/mol. The van der Waals surface area contributed by atoms with Crippen molar-refractivity contribution >= 4 is 5.97 Å². The molecule has 0 amide bonds. The standard InChI is InChI=1S/C7H11NO3/c1-2-10-7(9)5-3-4-6-8(5)11-6/h5-6H,2-4H2,1H3/t5-,6+,8?/m0/s1. The number of hydrogen-bond acceptors (Lipinski definition) is 4. The molecule has 2 fully saturated rings. The van der Waals surface area contributed by atoms with Gasteiger partial charge in [0, 0.05) is 0 Å². The maximum atomic E-state index is 11.1. The molecule has 62 valence electrons. The second-order valence-electron chi connectivity index (χ2n) is 2.77. The lowest BCUT2D eigenvalue weighted by Crippen LogP contribution is -2.27. The van der Waals surface area contributed by atoms with Gasteiger partial charge < -0.3 is 4.74 Å². The molecule has 2 heterocycles. The number of hydroxylamine groups is 2. The average Bonchev–Trinajstić information content (AvgIpc) is 2.63. The van der Waals surface area contributed by atoms with Gasteiger partial charge in [-0.15, -0.1) is 5.06 Å². The third-order valence-corrected chi connectivity index (χ3v) is 2.03. The lowest BCUT2D eigenvalue weighted by atomic mass is 10.2. The van der Waals surface area contributed by atoms with Crippen LogP contribution in [0.3, 0.4) is 0 Å². The molecule has 2 saturated heterocycles. The highest BCUT2D eigenvalue weighted by Gasteiger charge is 2.51. The number of fused-ring (bicyclic) bond motifs is 1. The lowest BCUT2D eigenvalue weighted by Gasteiger charge is -2.08. The second kappa shape index (κ2) is 2.46.